The first-order valence-corrected chi connectivity index (χ1v) is 5.28. The Balaban J connectivity index is 3.11. The normalized spacial score (nSPS) is 10.5. The summed E-state index contributed by atoms with van der Waals surface area (Å²) in [6.45, 7) is 4.09. The summed E-state index contributed by atoms with van der Waals surface area (Å²) in [7, 11) is 0. The first-order chi connectivity index (χ1) is 6.57. The molecule has 0 atom stereocenters. The average molecular weight is 213 g/mol. The fraction of sp³-hybridized carbons (Fsp3) is 0.455. The SMILES string of the molecule is CCCCc1c(N)c(N)cc(C)c1Cl. The van der Waals surface area contributed by atoms with E-state index < -0.39 is 0 Å². The van der Waals surface area contributed by atoms with E-state index in [1.807, 2.05) is 13.0 Å². The molecule has 1 rings (SSSR count). The Hall–Kier alpha value is -0.890. The second-order valence-electron chi connectivity index (χ2n) is 3.59. The van der Waals surface area contributed by atoms with Gasteiger partial charge in [-0.3, -0.25) is 0 Å². The van der Waals surface area contributed by atoms with Gasteiger partial charge in [-0.1, -0.05) is 24.9 Å². The molecule has 0 unspecified atom stereocenters. The summed E-state index contributed by atoms with van der Waals surface area (Å²) in [5, 5.41) is 0.769. The lowest BCUT2D eigenvalue weighted by Crippen LogP contribution is -2.02. The monoisotopic (exact) mass is 212 g/mol. The fourth-order valence-corrected chi connectivity index (χ4v) is 1.75. The first-order valence-electron chi connectivity index (χ1n) is 4.90. The molecule has 0 aliphatic heterocycles. The number of aryl methyl sites for hydroxylation is 1. The lowest BCUT2D eigenvalue weighted by atomic mass is 10.0. The summed E-state index contributed by atoms with van der Waals surface area (Å²) in [4.78, 5) is 0. The van der Waals surface area contributed by atoms with Gasteiger partial charge in [0.05, 0.1) is 11.4 Å². The van der Waals surface area contributed by atoms with Crippen molar-refractivity contribution in [1.29, 1.82) is 0 Å². The Morgan fingerprint density at radius 1 is 1.36 bits per heavy atom. The van der Waals surface area contributed by atoms with Crippen molar-refractivity contribution >= 4 is 23.0 Å². The van der Waals surface area contributed by atoms with Crippen molar-refractivity contribution in [3.05, 3.63) is 22.2 Å². The lowest BCUT2D eigenvalue weighted by Gasteiger charge is -2.12. The standard InChI is InChI=1S/C11H17ClN2/c1-3-4-5-8-10(12)7(2)6-9(13)11(8)14/h6H,3-5,13-14H2,1-2H3. The number of hydrogen-bond acceptors (Lipinski definition) is 2. The molecule has 78 valence electrons. The van der Waals surface area contributed by atoms with Crippen molar-refractivity contribution in [1.82, 2.24) is 0 Å². The van der Waals surface area contributed by atoms with Gasteiger partial charge in [-0.15, -0.1) is 0 Å². The highest BCUT2D eigenvalue weighted by Crippen LogP contribution is 2.32. The second kappa shape index (κ2) is 4.56. The Morgan fingerprint density at radius 2 is 2.00 bits per heavy atom. The highest BCUT2D eigenvalue weighted by Gasteiger charge is 2.10. The van der Waals surface area contributed by atoms with E-state index in [-0.39, 0.29) is 0 Å². The van der Waals surface area contributed by atoms with Crippen LogP contribution in [0.4, 0.5) is 11.4 Å². The van der Waals surface area contributed by atoms with Crippen LogP contribution in [0.1, 0.15) is 30.9 Å². The molecule has 3 heteroatoms. The molecule has 1 aromatic rings. The summed E-state index contributed by atoms with van der Waals surface area (Å²) in [6, 6.07) is 1.83. The minimum Gasteiger partial charge on any atom is -0.397 e. The molecule has 2 nitrogen and oxygen atoms in total. The Morgan fingerprint density at radius 3 is 2.57 bits per heavy atom. The molecule has 0 aromatic heterocycles. The van der Waals surface area contributed by atoms with E-state index in [1.165, 1.54) is 0 Å². The van der Waals surface area contributed by atoms with E-state index in [4.69, 9.17) is 23.1 Å². The van der Waals surface area contributed by atoms with Gasteiger partial charge in [0.15, 0.2) is 0 Å². The lowest BCUT2D eigenvalue weighted by molar-refractivity contribution is 0.796. The van der Waals surface area contributed by atoms with E-state index in [2.05, 4.69) is 6.92 Å². The molecule has 0 fully saturated rings. The quantitative estimate of drug-likeness (QED) is 0.757. The van der Waals surface area contributed by atoms with E-state index in [0.717, 1.165) is 35.4 Å². The van der Waals surface area contributed by atoms with Gasteiger partial charge in [-0.05, 0) is 37.0 Å². The van der Waals surface area contributed by atoms with Crippen LogP contribution in [0.15, 0.2) is 6.07 Å². The smallest absolute Gasteiger partial charge is 0.0595 e. The van der Waals surface area contributed by atoms with Gasteiger partial charge in [-0.2, -0.15) is 0 Å². The van der Waals surface area contributed by atoms with Crippen molar-refractivity contribution in [3.8, 4) is 0 Å². The molecule has 0 saturated carbocycles. The van der Waals surface area contributed by atoms with Crippen LogP contribution in [0.3, 0.4) is 0 Å². The van der Waals surface area contributed by atoms with E-state index in [0.29, 0.717) is 11.4 Å². The third-order valence-electron chi connectivity index (χ3n) is 2.40. The average Bonchev–Trinajstić information content (AvgIpc) is 2.15. The molecular formula is C11H17ClN2. The number of nitrogen functional groups attached to an aromatic ring is 2. The summed E-state index contributed by atoms with van der Waals surface area (Å²) in [5.74, 6) is 0. The van der Waals surface area contributed by atoms with E-state index >= 15 is 0 Å². The minimum absolute atomic E-state index is 0.637. The molecule has 0 aliphatic carbocycles. The number of rotatable bonds is 3. The van der Waals surface area contributed by atoms with Crippen molar-refractivity contribution in [3.63, 3.8) is 0 Å². The Labute approximate surface area is 90.2 Å². The number of benzene rings is 1. The molecular weight excluding hydrogens is 196 g/mol. The van der Waals surface area contributed by atoms with Crippen LogP contribution in [0, 0.1) is 6.92 Å². The van der Waals surface area contributed by atoms with Crippen LogP contribution >= 0.6 is 11.6 Å². The zero-order valence-electron chi connectivity index (χ0n) is 8.73. The van der Waals surface area contributed by atoms with E-state index in [9.17, 15) is 0 Å². The number of hydrogen-bond donors (Lipinski definition) is 2. The van der Waals surface area contributed by atoms with Crippen LogP contribution in [0.2, 0.25) is 5.02 Å². The molecule has 0 radical (unpaired) electrons. The molecule has 14 heavy (non-hydrogen) atoms. The summed E-state index contributed by atoms with van der Waals surface area (Å²) >= 11 is 6.17. The molecule has 0 heterocycles. The first kappa shape index (κ1) is 11.2. The number of unbranched alkanes of at least 4 members (excludes halogenated alkanes) is 1. The molecule has 0 aliphatic rings. The van der Waals surface area contributed by atoms with Gasteiger partial charge < -0.3 is 11.5 Å². The molecule has 0 bridgehead atoms. The van der Waals surface area contributed by atoms with Crippen molar-refractivity contribution in [2.75, 3.05) is 11.5 Å². The van der Waals surface area contributed by atoms with Gasteiger partial charge in [0.2, 0.25) is 0 Å². The maximum absolute atomic E-state index is 6.17. The predicted molar refractivity (Wildman–Crippen MR) is 63.6 cm³/mol. The van der Waals surface area contributed by atoms with Gasteiger partial charge in [-0.25, -0.2) is 0 Å². The van der Waals surface area contributed by atoms with Crippen LogP contribution in [0.25, 0.3) is 0 Å². The van der Waals surface area contributed by atoms with Crippen LogP contribution in [0.5, 0.6) is 0 Å². The molecule has 4 N–H and O–H groups in total. The van der Waals surface area contributed by atoms with E-state index in [1.54, 1.807) is 0 Å². The summed E-state index contributed by atoms with van der Waals surface area (Å²) in [5.41, 5.74) is 15.0. The Kier molecular flexibility index (Phi) is 3.64. The fourth-order valence-electron chi connectivity index (χ4n) is 1.50. The number of anilines is 2. The van der Waals surface area contributed by atoms with Crippen LogP contribution < -0.4 is 11.5 Å². The van der Waals surface area contributed by atoms with Crippen molar-refractivity contribution in [2.24, 2.45) is 0 Å². The Bertz CT molecular complexity index is 308. The molecule has 0 spiro atoms. The second-order valence-corrected chi connectivity index (χ2v) is 3.97. The van der Waals surface area contributed by atoms with Gasteiger partial charge >= 0.3 is 0 Å². The third-order valence-corrected chi connectivity index (χ3v) is 2.93. The highest BCUT2D eigenvalue weighted by molar-refractivity contribution is 6.32. The van der Waals surface area contributed by atoms with Gasteiger partial charge in [0.1, 0.15) is 0 Å². The largest absolute Gasteiger partial charge is 0.397 e. The van der Waals surface area contributed by atoms with Crippen molar-refractivity contribution in [2.45, 2.75) is 33.1 Å². The highest BCUT2D eigenvalue weighted by atomic mass is 35.5. The number of halogens is 1. The minimum atomic E-state index is 0.637. The third kappa shape index (κ3) is 2.13. The molecule has 1 aromatic carbocycles. The maximum Gasteiger partial charge on any atom is 0.0595 e. The van der Waals surface area contributed by atoms with Gasteiger partial charge in [0, 0.05) is 5.02 Å². The molecule has 0 amide bonds. The van der Waals surface area contributed by atoms with Crippen LogP contribution in [-0.2, 0) is 6.42 Å². The summed E-state index contributed by atoms with van der Waals surface area (Å²) in [6.07, 6.45) is 3.13. The maximum atomic E-state index is 6.17. The topological polar surface area (TPSA) is 52.0 Å². The van der Waals surface area contributed by atoms with Gasteiger partial charge in [0.25, 0.3) is 0 Å². The summed E-state index contributed by atoms with van der Waals surface area (Å²) < 4.78 is 0. The van der Waals surface area contributed by atoms with Crippen LogP contribution in [-0.4, -0.2) is 0 Å². The number of nitrogens with two attached hydrogens (primary N) is 2. The molecule has 0 saturated heterocycles. The van der Waals surface area contributed by atoms with Crippen molar-refractivity contribution < 1.29 is 0 Å². The zero-order chi connectivity index (χ0) is 10.7. The zero-order valence-corrected chi connectivity index (χ0v) is 9.49. The predicted octanol–water partition coefficient (Wildman–Crippen LogP) is 3.16.